The summed E-state index contributed by atoms with van der Waals surface area (Å²) in [5.41, 5.74) is 0.986. The van der Waals surface area contributed by atoms with Crippen LogP contribution in [-0.4, -0.2) is 27.2 Å². The number of nitrogens with zero attached hydrogens (tertiary/aromatic N) is 3. The van der Waals surface area contributed by atoms with Crippen LogP contribution in [0.1, 0.15) is 30.7 Å². The van der Waals surface area contributed by atoms with E-state index < -0.39 is 6.10 Å². The van der Waals surface area contributed by atoms with Crippen molar-refractivity contribution < 1.29 is 14.2 Å². The van der Waals surface area contributed by atoms with Gasteiger partial charge in [0.15, 0.2) is 0 Å². The van der Waals surface area contributed by atoms with Gasteiger partial charge in [0.05, 0.1) is 26.0 Å². The molecule has 0 bridgehead atoms. The summed E-state index contributed by atoms with van der Waals surface area (Å²) < 4.78 is 20.2. The lowest BCUT2D eigenvalue weighted by atomic mass is 10.2. The highest BCUT2D eigenvalue weighted by atomic mass is 19.1. The highest BCUT2D eigenvalue weighted by molar-refractivity contribution is 5.29. The van der Waals surface area contributed by atoms with Crippen LogP contribution < -0.4 is 4.74 Å². The molecule has 1 unspecified atom stereocenters. The molecule has 1 N–H and O–H groups in total. The molecule has 5 nitrogen and oxygen atoms in total. The minimum absolute atomic E-state index is 0.263. The number of ether oxygens (including phenoxy) is 1. The Labute approximate surface area is 110 Å². The molecule has 0 saturated carbocycles. The molecule has 0 spiro atoms. The van der Waals surface area contributed by atoms with E-state index in [-0.39, 0.29) is 12.4 Å². The van der Waals surface area contributed by atoms with Crippen molar-refractivity contribution in [2.24, 2.45) is 0 Å². The Hall–Kier alpha value is -1.95. The third-order valence-corrected chi connectivity index (χ3v) is 2.88. The molecule has 1 aromatic carbocycles. The maximum Gasteiger partial charge on any atom is 0.131 e. The Morgan fingerprint density at radius 3 is 2.89 bits per heavy atom. The molecule has 0 fully saturated rings. The van der Waals surface area contributed by atoms with Gasteiger partial charge in [-0.15, -0.1) is 5.10 Å². The Bertz CT molecular complexity index is 557. The summed E-state index contributed by atoms with van der Waals surface area (Å²) in [6.45, 7) is 2.12. The van der Waals surface area contributed by atoms with Gasteiger partial charge >= 0.3 is 0 Å². The first-order valence-electron chi connectivity index (χ1n) is 6.04. The van der Waals surface area contributed by atoms with Crippen LogP contribution >= 0.6 is 0 Å². The van der Waals surface area contributed by atoms with Gasteiger partial charge in [0.1, 0.15) is 17.3 Å². The first-order chi connectivity index (χ1) is 9.13. The average Bonchev–Trinajstić information content (AvgIpc) is 2.88. The minimum Gasteiger partial charge on any atom is -0.497 e. The van der Waals surface area contributed by atoms with E-state index in [0.29, 0.717) is 23.4 Å². The lowest BCUT2D eigenvalue weighted by molar-refractivity contribution is 0.168. The summed E-state index contributed by atoms with van der Waals surface area (Å²) in [6, 6.07) is 4.66. The van der Waals surface area contributed by atoms with Crippen molar-refractivity contribution >= 4 is 0 Å². The molecule has 0 radical (unpaired) electrons. The Kier molecular flexibility index (Phi) is 4.11. The van der Waals surface area contributed by atoms with Crippen LogP contribution in [0, 0.1) is 5.82 Å². The van der Waals surface area contributed by atoms with E-state index in [2.05, 4.69) is 10.3 Å². The van der Waals surface area contributed by atoms with Gasteiger partial charge in [-0.25, -0.2) is 9.07 Å². The van der Waals surface area contributed by atoms with Gasteiger partial charge in [-0.05, 0) is 12.5 Å². The topological polar surface area (TPSA) is 60.2 Å². The van der Waals surface area contributed by atoms with E-state index >= 15 is 0 Å². The van der Waals surface area contributed by atoms with Crippen LogP contribution in [0.3, 0.4) is 0 Å². The number of aliphatic hydroxyl groups excluding tert-OH is 1. The third kappa shape index (κ3) is 3.08. The molecule has 1 aromatic heterocycles. The molecule has 0 amide bonds. The lowest BCUT2D eigenvalue weighted by Gasteiger charge is -2.05. The Morgan fingerprint density at radius 2 is 2.26 bits per heavy atom. The normalized spacial score (nSPS) is 12.4. The quantitative estimate of drug-likeness (QED) is 0.897. The largest absolute Gasteiger partial charge is 0.497 e. The van der Waals surface area contributed by atoms with Crippen LogP contribution in [-0.2, 0) is 6.54 Å². The number of benzene rings is 1. The third-order valence-electron chi connectivity index (χ3n) is 2.88. The molecule has 0 aliphatic carbocycles. The van der Waals surface area contributed by atoms with E-state index in [1.807, 2.05) is 6.92 Å². The van der Waals surface area contributed by atoms with Crippen molar-refractivity contribution in [3.63, 3.8) is 0 Å². The number of hydrogen-bond acceptors (Lipinski definition) is 4. The molecule has 102 valence electrons. The minimum atomic E-state index is -0.630. The van der Waals surface area contributed by atoms with E-state index in [1.54, 1.807) is 18.3 Å². The molecule has 0 saturated heterocycles. The number of aliphatic hydroxyl groups is 1. The van der Waals surface area contributed by atoms with Gasteiger partial charge < -0.3 is 9.84 Å². The standard InChI is InChI=1S/C13H16FN3O2/c1-3-13(18)12-8-17(16-15-12)7-9-4-5-10(19-2)6-11(9)14/h4-6,8,13,18H,3,7H2,1-2H3. The van der Waals surface area contributed by atoms with Gasteiger partial charge in [0.2, 0.25) is 0 Å². The van der Waals surface area contributed by atoms with Gasteiger partial charge in [0.25, 0.3) is 0 Å². The summed E-state index contributed by atoms with van der Waals surface area (Å²) >= 11 is 0. The number of hydrogen-bond donors (Lipinski definition) is 1. The first-order valence-corrected chi connectivity index (χ1v) is 6.04. The molecule has 2 aromatic rings. The van der Waals surface area contributed by atoms with Crippen molar-refractivity contribution in [2.75, 3.05) is 7.11 Å². The molecule has 1 atom stereocenters. The Balaban J connectivity index is 2.15. The molecule has 19 heavy (non-hydrogen) atoms. The first kappa shape index (κ1) is 13.5. The summed E-state index contributed by atoms with van der Waals surface area (Å²) in [6.07, 6.45) is 1.56. The maximum absolute atomic E-state index is 13.8. The summed E-state index contributed by atoms with van der Waals surface area (Å²) in [7, 11) is 1.49. The number of aromatic nitrogens is 3. The number of halogens is 1. The second kappa shape index (κ2) is 5.79. The average molecular weight is 265 g/mol. The van der Waals surface area contributed by atoms with E-state index in [4.69, 9.17) is 4.74 Å². The van der Waals surface area contributed by atoms with Crippen molar-refractivity contribution in [3.8, 4) is 5.75 Å². The predicted octanol–water partition coefficient (Wildman–Crippen LogP) is 1.92. The van der Waals surface area contributed by atoms with E-state index in [1.165, 1.54) is 17.9 Å². The van der Waals surface area contributed by atoms with Crippen LogP contribution in [0.15, 0.2) is 24.4 Å². The van der Waals surface area contributed by atoms with Gasteiger partial charge in [-0.3, -0.25) is 0 Å². The lowest BCUT2D eigenvalue weighted by Crippen LogP contribution is -2.03. The van der Waals surface area contributed by atoms with Crippen molar-refractivity contribution in [1.29, 1.82) is 0 Å². The van der Waals surface area contributed by atoms with Crippen LogP contribution in [0.25, 0.3) is 0 Å². The molecule has 2 rings (SSSR count). The molecule has 6 heteroatoms. The second-order valence-electron chi connectivity index (χ2n) is 4.22. The fourth-order valence-electron chi connectivity index (χ4n) is 1.71. The zero-order chi connectivity index (χ0) is 13.8. The van der Waals surface area contributed by atoms with E-state index in [0.717, 1.165) is 0 Å². The molecular weight excluding hydrogens is 249 g/mol. The monoisotopic (exact) mass is 265 g/mol. The SMILES string of the molecule is CCC(O)c1cn(Cc2ccc(OC)cc2F)nn1. The highest BCUT2D eigenvalue weighted by Gasteiger charge is 2.11. The molecule has 0 aliphatic rings. The second-order valence-corrected chi connectivity index (χ2v) is 4.22. The fraction of sp³-hybridized carbons (Fsp3) is 0.385. The summed E-state index contributed by atoms with van der Waals surface area (Å²) in [5.74, 6) is 0.120. The maximum atomic E-state index is 13.8. The number of methoxy groups -OCH3 is 1. The highest BCUT2D eigenvalue weighted by Crippen LogP contribution is 2.18. The van der Waals surface area contributed by atoms with Gasteiger partial charge in [-0.2, -0.15) is 0 Å². The van der Waals surface area contributed by atoms with Crippen LogP contribution in [0.2, 0.25) is 0 Å². The van der Waals surface area contributed by atoms with Gasteiger partial charge in [0, 0.05) is 11.6 Å². The summed E-state index contributed by atoms with van der Waals surface area (Å²) in [5, 5.41) is 17.4. The van der Waals surface area contributed by atoms with Crippen molar-refractivity contribution in [1.82, 2.24) is 15.0 Å². The molecule has 1 heterocycles. The Morgan fingerprint density at radius 1 is 1.47 bits per heavy atom. The van der Waals surface area contributed by atoms with Crippen molar-refractivity contribution in [3.05, 3.63) is 41.5 Å². The summed E-state index contributed by atoms with van der Waals surface area (Å²) in [4.78, 5) is 0. The van der Waals surface area contributed by atoms with Crippen LogP contribution in [0.5, 0.6) is 5.75 Å². The fourth-order valence-corrected chi connectivity index (χ4v) is 1.71. The zero-order valence-electron chi connectivity index (χ0n) is 10.9. The van der Waals surface area contributed by atoms with Gasteiger partial charge in [-0.1, -0.05) is 18.2 Å². The predicted molar refractivity (Wildman–Crippen MR) is 67.3 cm³/mol. The van der Waals surface area contributed by atoms with Crippen molar-refractivity contribution in [2.45, 2.75) is 26.0 Å². The smallest absolute Gasteiger partial charge is 0.131 e. The number of rotatable bonds is 5. The van der Waals surface area contributed by atoms with E-state index in [9.17, 15) is 9.50 Å². The zero-order valence-corrected chi connectivity index (χ0v) is 10.9. The molecule has 0 aliphatic heterocycles. The molecular formula is C13H16FN3O2. The van der Waals surface area contributed by atoms with Crippen LogP contribution in [0.4, 0.5) is 4.39 Å².